The van der Waals surface area contributed by atoms with Crippen molar-refractivity contribution in [3.63, 3.8) is 0 Å². The molecule has 1 N–H and O–H groups in total. The van der Waals surface area contributed by atoms with Gasteiger partial charge < -0.3 is 0 Å². The van der Waals surface area contributed by atoms with Crippen molar-refractivity contribution < 1.29 is 8.42 Å². The van der Waals surface area contributed by atoms with Crippen molar-refractivity contribution in [3.05, 3.63) is 10.4 Å². The molecule has 0 aliphatic carbocycles. The highest BCUT2D eigenvalue weighted by molar-refractivity contribution is 7.87. The molecule has 0 atom stereocenters. The summed E-state index contributed by atoms with van der Waals surface area (Å²) in [5, 5.41) is 3.22. The van der Waals surface area contributed by atoms with Gasteiger partial charge in [0, 0.05) is 31.1 Å². The van der Waals surface area contributed by atoms with Gasteiger partial charge in [-0.05, 0) is 5.53 Å². The Hall–Kier alpha value is -0.820. The largest absolute Gasteiger partial charge is 0.279 e. The second kappa shape index (κ2) is 6.61. The fraction of sp³-hybridized carbons (Fsp3) is 1.00. The molecule has 0 radical (unpaired) electrons. The van der Waals surface area contributed by atoms with Gasteiger partial charge in [0.25, 0.3) is 10.2 Å². The second-order valence-electron chi connectivity index (χ2n) is 2.44. The van der Waals surface area contributed by atoms with Crippen LogP contribution in [-0.2, 0) is 10.2 Å². The van der Waals surface area contributed by atoms with Gasteiger partial charge in [-0.15, -0.1) is 0 Å². The van der Waals surface area contributed by atoms with Crippen LogP contribution in [-0.4, -0.2) is 38.9 Å². The summed E-state index contributed by atoms with van der Waals surface area (Å²) in [7, 11) is -3.40. The summed E-state index contributed by atoms with van der Waals surface area (Å²) in [5.74, 6) is 0. The first-order chi connectivity index (χ1) is 6.58. The molecule has 8 heteroatoms. The molecule has 0 bridgehead atoms. The van der Waals surface area contributed by atoms with Crippen LogP contribution in [0.2, 0.25) is 0 Å². The SMILES string of the molecule is CCN(CC)S(=O)(=O)NCCN=[N+]=[N-]. The Morgan fingerprint density at radius 1 is 1.43 bits per heavy atom. The van der Waals surface area contributed by atoms with Crippen molar-refractivity contribution in [2.45, 2.75) is 13.8 Å². The topological polar surface area (TPSA) is 98.2 Å². The van der Waals surface area contributed by atoms with Gasteiger partial charge in [0.1, 0.15) is 0 Å². The van der Waals surface area contributed by atoms with Gasteiger partial charge in [-0.2, -0.15) is 12.7 Å². The third-order valence-electron chi connectivity index (χ3n) is 1.60. The normalized spacial score (nSPS) is 11.4. The molecule has 0 aromatic carbocycles. The van der Waals surface area contributed by atoms with Crippen molar-refractivity contribution in [1.82, 2.24) is 9.03 Å². The maximum atomic E-state index is 11.4. The van der Waals surface area contributed by atoms with Crippen LogP contribution in [0.4, 0.5) is 0 Å². The quantitative estimate of drug-likeness (QED) is 0.292. The first-order valence-corrected chi connectivity index (χ1v) is 5.78. The Kier molecular flexibility index (Phi) is 6.22. The van der Waals surface area contributed by atoms with E-state index in [0.717, 1.165) is 0 Å². The third-order valence-corrected chi connectivity index (χ3v) is 3.37. The minimum atomic E-state index is -3.40. The summed E-state index contributed by atoms with van der Waals surface area (Å²) in [5.41, 5.74) is 7.97. The maximum Gasteiger partial charge on any atom is 0.279 e. The van der Waals surface area contributed by atoms with Crippen molar-refractivity contribution in [1.29, 1.82) is 0 Å². The molecule has 82 valence electrons. The predicted octanol–water partition coefficient (Wildman–Crippen LogP) is 0.473. The van der Waals surface area contributed by atoms with E-state index < -0.39 is 10.2 Å². The molecule has 0 amide bonds. The van der Waals surface area contributed by atoms with Crippen LogP contribution >= 0.6 is 0 Å². The molecular formula is C6H15N5O2S. The number of rotatable bonds is 7. The molecular weight excluding hydrogens is 206 g/mol. The summed E-state index contributed by atoms with van der Waals surface area (Å²) in [6.07, 6.45) is 0. The molecule has 0 saturated heterocycles. The van der Waals surface area contributed by atoms with E-state index in [1.165, 1.54) is 4.31 Å². The summed E-state index contributed by atoms with van der Waals surface area (Å²) >= 11 is 0. The van der Waals surface area contributed by atoms with Gasteiger partial charge >= 0.3 is 0 Å². The molecule has 14 heavy (non-hydrogen) atoms. The van der Waals surface area contributed by atoms with Gasteiger partial charge in [0.15, 0.2) is 0 Å². The summed E-state index contributed by atoms with van der Waals surface area (Å²) in [6, 6.07) is 0. The zero-order chi connectivity index (χ0) is 11.0. The van der Waals surface area contributed by atoms with E-state index in [4.69, 9.17) is 5.53 Å². The van der Waals surface area contributed by atoms with E-state index in [0.29, 0.717) is 13.1 Å². The average molecular weight is 221 g/mol. The highest BCUT2D eigenvalue weighted by Crippen LogP contribution is 1.95. The van der Waals surface area contributed by atoms with Crippen LogP contribution in [0.25, 0.3) is 10.4 Å². The van der Waals surface area contributed by atoms with E-state index in [2.05, 4.69) is 14.7 Å². The lowest BCUT2D eigenvalue weighted by atomic mass is 10.7. The zero-order valence-electron chi connectivity index (χ0n) is 8.34. The molecule has 0 aliphatic rings. The third kappa shape index (κ3) is 4.43. The van der Waals surface area contributed by atoms with E-state index in [1.54, 1.807) is 13.8 Å². The summed E-state index contributed by atoms with van der Waals surface area (Å²) in [4.78, 5) is 2.52. The van der Waals surface area contributed by atoms with Gasteiger partial charge in [0.05, 0.1) is 0 Å². The number of hydrogen-bond acceptors (Lipinski definition) is 3. The van der Waals surface area contributed by atoms with E-state index >= 15 is 0 Å². The standard InChI is InChI=1S/C6H15N5O2S/c1-3-11(4-2)14(12,13)9-6-5-8-10-7/h9H,3-6H2,1-2H3. The number of azide groups is 1. The Morgan fingerprint density at radius 2 is 2.00 bits per heavy atom. The van der Waals surface area contributed by atoms with Crippen LogP contribution in [0, 0.1) is 0 Å². The van der Waals surface area contributed by atoms with E-state index in [-0.39, 0.29) is 13.1 Å². The molecule has 0 saturated carbocycles. The minimum Gasteiger partial charge on any atom is -0.202 e. The Morgan fingerprint density at radius 3 is 2.43 bits per heavy atom. The maximum absolute atomic E-state index is 11.4. The minimum absolute atomic E-state index is 0.122. The molecule has 0 spiro atoms. The van der Waals surface area contributed by atoms with Crippen LogP contribution in [0.5, 0.6) is 0 Å². The molecule has 7 nitrogen and oxygen atoms in total. The van der Waals surface area contributed by atoms with Gasteiger partial charge in [-0.1, -0.05) is 19.0 Å². The smallest absolute Gasteiger partial charge is 0.202 e. The van der Waals surface area contributed by atoms with Crippen LogP contribution in [0.15, 0.2) is 5.11 Å². The highest BCUT2D eigenvalue weighted by Gasteiger charge is 2.16. The lowest BCUT2D eigenvalue weighted by Crippen LogP contribution is -2.41. The van der Waals surface area contributed by atoms with Crippen LogP contribution in [0.1, 0.15) is 13.8 Å². The Labute approximate surface area is 83.9 Å². The van der Waals surface area contributed by atoms with Crippen molar-refractivity contribution >= 4 is 10.2 Å². The summed E-state index contributed by atoms with van der Waals surface area (Å²) in [6.45, 7) is 4.62. The average Bonchev–Trinajstić information content (AvgIpc) is 2.14. The van der Waals surface area contributed by atoms with Gasteiger partial charge in [-0.25, -0.2) is 4.72 Å². The number of nitrogens with one attached hydrogen (secondary N) is 1. The van der Waals surface area contributed by atoms with Crippen molar-refractivity contribution in [3.8, 4) is 0 Å². The fourth-order valence-corrected chi connectivity index (χ4v) is 2.14. The van der Waals surface area contributed by atoms with Crippen LogP contribution < -0.4 is 4.72 Å². The monoisotopic (exact) mass is 221 g/mol. The van der Waals surface area contributed by atoms with E-state index in [1.807, 2.05) is 0 Å². The van der Waals surface area contributed by atoms with Crippen LogP contribution in [0.3, 0.4) is 0 Å². The molecule has 0 heterocycles. The van der Waals surface area contributed by atoms with Crippen molar-refractivity contribution in [2.24, 2.45) is 5.11 Å². The summed E-state index contributed by atoms with van der Waals surface area (Å²) < 4.78 is 26.5. The van der Waals surface area contributed by atoms with E-state index in [9.17, 15) is 8.42 Å². The lowest BCUT2D eigenvalue weighted by molar-refractivity contribution is 0.435. The zero-order valence-corrected chi connectivity index (χ0v) is 9.16. The van der Waals surface area contributed by atoms with Crippen molar-refractivity contribution in [2.75, 3.05) is 26.2 Å². The molecule has 0 aromatic rings. The second-order valence-corrected chi connectivity index (χ2v) is 4.19. The van der Waals surface area contributed by atoms with Gasteiger partial charge in [-0.3, -0.25) is 0 Å². The molecule has 0 fully saturated rings. The first-order valence-electron chi connectivity index (χ1n) is 4.34. The van der Waals surface area contributed by atoms with Gasteiger partial charge in [0.2, 0.25) is 0 Å². The Balaban J connectivity index is 4.12. The fourth-order valence-electron chi connectivity index (χ4n) is 0.924. The highest BCUT2D eigenvalue weighted by atomic mass is 32.2. The molecule has 0 unspecified atom stereocenters. The molecule has 0 rings (SSSR count). The molecule has 0 aliphatic heterocycles. The Bertz CT molecular complexity index is 291. The molecule has 0 aromatic heterocycles. The lowest BCUT2D eigenvalue weighted by Gasteiger charge is -2.18. The number of nitrogens with zero attached hydrogens (tertiary/aromatic N) is 4. The predicted molar refractivity (Wildman–Crippen MR) is 53.9 cm³/mol. The first kappa shape index (κ1) is 13.2. The number of hydrogen-bond donors (Lipinski definition) is 1.